The van der Waals surface area contributed by atoms with Gasteiger partial charge in [-0.15, -0.1) is 0 Å². The first-order valence-electron chi connectivity index (χ1n) is 0.494. The summed E-state index contributed by atoms with van der Waals surface area (Å²) in [5, 5.41) is 6.89. The van der Waals surface area contributed by atoms with Gasteiger partial charge in [0.2, 0.25) is 0 Å². The van der Waals surface area contributed by atoms with Crippen LogP contribution in [0.2, 0.25) is 0 Å². The summed E-state index contributed by atoms with van der Waals surface area (Å²) in [7, 11) is 0. The molecule has 0 aromatic rings. The Kier molecular flexibility index (Phi) is 92.0. The van der Waals surface area contributed by atoms with Gasteiger partial charge < -0.3 is 10.6 Å². The fourth-order valence-electron chi connectivity index (χ4n) is 0. The molecular weight excluding hydrogens is 83.0 g/mol. The molecule has 0 atom stereocenters. The fourth-order valence-corrected chi connectivity index (χ4v) is 0. The topological polar surface area (TPSA) is 67.3 Å². The Balaban J connectivity index is -0.0000000200. The van der Waals surface area contributed by atoms with E-state index >= 15 is 0 Å². The molecule has 26 valence electrons. The monoisotopic (exact) mass is 86.0 g/mol. The molecule has 0 aromatic heterocycles. The third kappa shape index (κ3) is 141. The molecule has 0 unspecified atom stereocenters. The quantitative estimate of drug-likeness (QED) is 0.246. The van der Waals surface area contributed by atoms with Crippen LogP contribution in [-0.4, -0.2) is 17.1 Å². The third-order valence-corrected chi connectivity index (χ3v) is 0. The average Bonchev–Trinajstić information content (AvgIpc) is 0.918. The summed E-state index contributed by atoms with van der Waals surface area (Å²) >= 11 is 0. The van der Waals surface area contributed by atoms with Gasteiger partial charge in [0, 0.05) is 0 Å². The smallest absolute Gasteiger partial charge is 0.870 e. The molecule has 0 saturated heterocycles. The standard InChI is InChI=1S/CH2O2.Na.H2O/c2-1-3;;/h1H,(H,2,3);;1H2/q;+1;/p-1. The average molecular weight is 86.0 g/mol. The third-order valence-electron chi connectivity index (χ3n) is 0. The minimum absolute atomic E-state index is 0. The van der Waals surface area contributed by atoms with E-state index < -0.39 is 0 Å². The van der Waals surface area contributed by atoms with Crippen molar-refractivity contribution < 1.29 is 44.9 Å². The Morgan fingerprint density at radius 1 is 1.60 bits per heavy atom. The number of hydrogen-bond donors (Lipinski definition) is 1. The maximum absolute atomic E-state index is 8.36. The van der Waals surface area contributed by atoms with E-state index in [0.29, 0.717) is 0 Å². The van der Waals surface area contributed by atoms with Gasteiger partial charge in [0.1, 0.15) is 0 Å². The number of rotatable bonds is 0. The zero-order chi connectivity index (χ0) is 2.71. The van der Waals surface area contributed by atoms with Crippen molar-refractivity contribution in [1.29, 1.82) is 0 Å². The van der Waals surface area contributed by atoms with Gasteiger partial charge in [-0.2, -0.15) is 0 Å². The van der Waals surface area contributed by atoms with Crippen molar-refractivity contribution in [2.75, 3.05) is 0 Å². The Labute approximate surface area is 51.6 Å². The molecule has 0 aliphatic carbocycles. The van der Waals surface area contributed by atoms with Gasteiger partial charge in [0.15, 0.2) is 0 Å². The Morgan fingerprint density at radius 3 is 1.60 bits per heavy atom. The zero-order valence-corrected chi connectivity index (χ0v) is 4.88. The minimum atomic E-state index is -0.250. The van der Waals surface area contributed by atoms with E-state index in [1.165, 1.54) is 0 Å². The molecule has 0 fully saturated rings. The van der Waals surface area contributed by atoms with Crippen molar-refractivity contribution >= 4 is 6.47 Å². The summed E-state index contributed by atoms with van der Waals surface area (Å²) in [6, 6.07) is 0. The maximum Gasteiger partial charge on any atom is 1.00 e. The Morgan fingerprint density at radius 2 is 1.60 bits per heavy atom. The van der Waals surface area contributed by atoms with Crippen LogP contribution in [0.4, 0.5) is 0 Å². The van der Waals surface area contributed by atoms with Crippen molar-refractivity contribution in [2.24, 2.45) is 0 Å². The molecule has 3 nitrogen and oxygen atoms in total. The molecule has 0 aliphatic heterocycles. The summed E-state index contributed by atoms with van der Waals surface area (Å²) in [4.78, 5) is 8.36. The molecule has 0 saturated carbocycles. The minimum Gasteiger partial charge on any atom is -0.870 e. The van der Waals surface area contributed by atoms with Crippen LogP contribution in [-0.2, 0) is 4.79 Å². The first kappa shape index (κ1) is 18.0. The van der Waals surface area contributed by atoms with E-state index in [-0.39, 0.29) is 41.5 Å². The van der Waals surface area contributed by atoms with Crippen molar-refractivity contribution in [1.82, 2.24) is 0 Å². The van der Waals surface area contributed by atoms with E-state index in [1.807, 2.05) is 0 Å². The van der Waals surface area contributed by atoms with Crippen LogP contribution in [0.15, 0.2) is 0 Å². The second-order valence-electron chi connectivity index (χ2n) is 0.105. The predicted molar refractivity (Wildman–Crippen MR) is 10.6 cm³/mol. The first-order valence-corrected chi connectivity index (χ1v) is 0.494. The van der Waals surface area contributed by atoms with Crippen LogP contribution in [0.3, 0.4) is 0 Å². The van der Waals surface area contributed by atoms with Gasteiger partial charge in [-0.1, -0.05) is 0 Å². The van der Waals surface area contributed by atoms with Crippen LogP contribution in [0.1, 0.15) is 0 Å². The Hall–Kier alpha value is 0.430. The van der Waals surface area contributed by atoms with Gasteiger partial charge in [0.05, 0.1) is 0 Å². The molecule has 0 heterocycles. The van der Waals surface area contributed by atoms with Crippen LogP contribution >= 0.6 is 0 Å². The normalized spacial score (nSPS) is 2.40. The fraction of sp³-hybridized carbons (Fsp3) is 0. The molecule has 5 heavy (non-hydrogen) atoms. The van der Waals surface area contributed by atoms with Crippen molar-refractivity contribution in [2.45, 2.75) is 0 Å². The molecular formula is CH3NaO3. The van der Waals surface area contributed by atoms with Crippen LogP contribution < -0.4 is 29.6 Å². The van der Waals surface area contributed by atoms with Gasteiger partial charge >= 0.3 is 29.6 Å². The van der Waals surface area contributed by atoms with Crippen molar-refractivity contribution in [3.63, 3.8) is 0 Å². The van der Waals surface area contributed by atoms with E-state index in [2.05, 4.69) is 0 Å². The van der Waals surface area contributed by atoms with Gasteiger partial charge in [-0.25, -0.2) is 0 Å². The van der Waals surface area contributed by atoms with E-state index in [0.717, 1.165) is 0 Å². The van der Waals surface area contributed by atoms with Crippen molar-refractivity contribution in [3.05, 3.63) is 0 Å². The predicted octanol–water partition coefficient (Wildman–Crippen LogP) is -3.47. The van der Waals surface area contributed by atoms with Gasteiger partial charge in [-0.3, -0.25) is 4.79 Å². The molecule has 0 spiro atoms. The molecule has 0 aromatic carbocycles. The van der Waals surface area contributed by atoms with Gasteiger partial charge in [0.25, 0.3) is 6.47 Å². The molecule has 0 radical (unpaired) electrons. The molecule has 4 heteroatoms. The molecule has 0 rings (SSSR count). The molecule has 0 aliphatic rings. The molecule has 0 amide bonds. The summed E-state index contributed by atoms with van der Waals surface area (Å²) in [5.41, 5.74) is 0. The summed E-state index contributed by atoms with van der Waals surface area (Å²) < 4.78 is 0. The van der Waals surface area contributed by atoms with E-state index in [1.54, 1.807) is 0 Å². The zero-order valence-electron chi connectivity index (χ0n) is 2.88. The van der Waals surface area contributed by atoms with Crippen LogP contribution in [0, 0.1) is 0 Å². The SMILES string of the molecule is O=CO.[Na+].[OH-]. The second kappa shape index (κ2) is 25.5. The second-order valence-corrected chi connectivity index (χ2v) is 0.105. The molecule has 0 bridgehead atoms. The van der Waals surface area contributed by atoms with Crippen LogP contribution in [0.5, 0.6) is 0 Å². The summed E-state index contributed by atoms with van der Waals surface area (Å²) in [6.45, 7) is -0.250. The number of carbonyl (C=O) groups is 1. The number of carboxylic acid groups (broad SMARTS) is 1. The molecule has 2 N–H and O–H groups in total. The van der Waals surface area contributed by atoms with Crippen LogP contribution in [0.25, 0.3) is 0 Å². The first-order chi connectivity index (χ1) is 1.41. The summed E-state index contributed by atoms with van der Waals surface area (Å²) in [6.07, 6.45) is 0. The van der Waals surface area contributed by atoms with E-state index in [4.69, 9.17) is 9.90 Å². The maximum atomic E-state index is 8.36. The number of hydrogen-bond acceptors (Lipinski definition) is 2. The largest absolute Gasteiger partial charge is 1.00 e. The summed E-state index contributed by atoms with van der Waals surface area (Å²) in [5.74, 6) is 0. The van der Waals surface area contributed by atoms with E-state index in [9.17, 15) is 0 Å². The van der Waals surface area contributed by atoms with Gasteiger partial charge in [-0.05, 0) is 0 Å². The Bertz CT molecular complexity index is 14.4. The van der Waals surface area contributed by atoms with Crippen molar-refractivity contribution in [3.8, 4) is 0 Å².